The Balaban J connectivity index is 2.25. The number of nitrogens with zero attached hydrogens (tertiary/aromatic N) is 1. The molecule has 8 heteroatoms. The van der Waals surface area contributed by atoms with Gasteiger partial charge in [-0.25, -0.2) is 0 Å². The molecule has 158 valence electrons. The first kappa shape index (κ1) is 22.2. The fourth-order valence-corrected chi connectivity index (χ4v) is 3.06. The molecule has 3 aromatic rings. The summed E-state index contributed by atoms with van der Waals surface area (Å²) in [5, 5.41) is 2.91. The molecule has 4 nitrogen and oxygen atoms in total. The maximum atomic E-state index is 13.2. The molecule has 1 amide bonds. The fraction of sp³-hybridized carbons (Fsp3) is 0.130. The first-order valence-corrected chi connectivity index (χ1v) is 9.43. The Bertz CT molecular complexity index is 1270. The van der Waals surface area contributed by atoms with Crippen LogP contribution < -0.4 is 10.9 Å². The smallest absolute Gasteiger partial charge is 0.355 e. The van der Waals surface area contributed by atoms with Crippen LogP contribution in [-0.4, -0.2) is 17.5 Å². The summed E-state index contributed by atoms with van der Waals surface area (Å²) in [6.45, 7) is 1.56. The lowest BCUT2D eigenvalue weighted by Gasteiger charge is -2.15. The highest BCUT2D eigenvalue weighted by molar-refractivity contribution is 6.30. The number of aromatic nitrogens is 1. The van der Waals surface area contributed by atoms with E-state index in [4.69, 9.17) is 11.6 Å². The Labute approximate surface area is 181 Å². The monoisotopic (exact) mass is 444 g/mol. The summed E-state index contributed by atoms with van der Waals surface area (Å²) in [5.41, 5.74) is -0.627. The number of hydrogen-bond acceptors (Lipinski definition) is 2. The molecule has 0 saturated carbocycles. The molecule has 1 N–H and O–H groups in total. The zero-order valence-electron chi connectivity index (χ0n) is 16.5. The normalized spacial score (nSPS) is 10.9. The zero-order chi connectivity index (χ0) is 22.8. The lowest BCUT2D eigenvalue weighted by atomic mass is 10.1. The van der Waals surface area contributed by atoms with Crippen molar-refractivity contribution >= 4 is 17.5 Å². The molecule has 0 radical (unpaired) electrons. The molecule has 3 rings (SSSR count). The van der Waals surface area contributed by atoms with E-state index in [1.54, 1.807) is 31.2 Å². The van der Waals surface area contributed by atoms with Gasteiger partial charge in [-0.1, -0.05) is 29.5 Å². The first-order chi connectivity index (χ1) is 14.6. The standard InChI is InChI=1S/C23H16ClF3N2O2/c1-14-16(9-6-15-7-10-18(24)11-8-15)12-20(21(30)28-2)22(31)29(14)19-5-3-4-17(13-19)23(25,26)27/h3-5,7-8,10-13H,1-2H3,(H,28,30). The van der Waals surface area contributed by atoms with E-state index < -0.39 is 23.2 Å². The molecule has 1 aromatic heterocycles. The lowest BCUT2D eigenvalue weighted by Crippen LogP contribution is -2.32. The van der Waals surface area contributed by atoms with Gasteiger partial charge >= 0.3 is 6.18 Å². The number of alkyl halides is 3. The highest BCUT2D eigenvalue weighted by Gasteiger charge is 2.31. The van der Waals surface area contributed by atoms with Gasteiger partial charge < -0.3 is 5.32 Å². The number of carbonyl (C=O) groups excluding carboxylic acids is 1. The van der Waals surface area contributed by atoms with E-state index in [9.17, 15) is 22.8 Å². The third-order valence-corrected chi connectivity index (χ3v) is 4.79. The SMILES string of the molecule is CNC(=O)c1cc(C#Cc2ccc(Cl)cc2)c(C)n(-c2cccc(C(F)(F)F)c2)c1=O. The summed E-state index contributed by atoms with van der Waals surface area (Å²) in [5.74, 6) is 5.14. The van der Waals surface area contributed by atoms with Crippen LogP contribution in [0.3, 0.4) is 0 Å². The minimum atomic E-state index is -4.58. The van der Waals surface area contributed by atoms with E-state index in [-0.39, 0.29) is 11.3 Å². The number of amides is 1. The van der Waals surface area contributed by atoms with Crippen LogP contribution in [0.5, 0.6) is 0 Å². The van der Waals surface area contributed by atoms with Crippen LogP contribution >= 0.6 is 11.6 Å². The number of rotatable bonds is 2. The molecule has 0 aliphatic heterocycles. The van der Waals surface area contributed by atoms with Gasteiger partial charge in [-0.3, -0.25) is 14.2 Å². The van der Waals surface area contributed by atoms with Gasteiger partial charge in [-0.05, 0) is 55.5 Å². The van der Waals surface area contributed by atoms with Gasteiger partial charge in [0.2, 0.25) is 0 Å². The molecule has 0 aliphatic rings. The van der Waals surface area contributed by atoms with Gasteiger partial charge in [0.05, 0.1) is 5.56 Å². The van der Waals surface area contributed by atoms with E-state index in [2.05, 4.69) is 17.2 Å². The van der Waals surface area contributed by atoms with Gasteiger partial charge in [-0.2, -0.15) is 13.2 Å². The highest BCUT2D eigenvalue weighted by Crippen LogP contribution is 2.30. The van der Waals surface area contributed by atoms with E-state index in [0.717, 1.165) is 16.7 Å². The predicted molar refractivity (Wildman–Crippen MR) is 113 cm³/mol. The van der Waals surface area contributed by atoms with E-state index >= 15 is 0 Å². The summed E-state index contributed by atoms with van der Waals surface area (Å²) in [4.78, 5) is 25.2. The molecule has 0 bridgehead atoms. The average Bonchev–Trinajstić information content (AvgIpc) is 2.73. The van der Waals surface area contributed by atoms with Crippen molar-refractivity contribution in [2.24, 2.45) is 0 Å². The Hall–Kier alpha value is -3.50. The van der Waals surface area contributed by atoms with Gasteiger partial charge in [0.25, 0.3) is 11.5 Å². The van der Waals surface area contributed by atoms with Crippen molar-refractivity contribution in [1.29, 1.82) is 0 Å². The highest BCUT2D eigenvalue weighted by atomic mass is 35.5. The third-order valence-electron chi connectivity index (χ3n) is 4.54. The number of halogens is 4. The van der Waals surface area contributed by atoms with Crippen LogP contribution in [0.15, 0.2) is 59.4 Å². The molecular formula is C23H16ClF3N2O2. The van der Waals surface area contributed by atoms with Gasteiger partial charge in [0.15, 0.2) is 0 Å². The number of pyridine rings is 1. The summed E-state index contributed by atoms with van der Waals surface area (Å²) in [6, 6.07) is 12.4. The summed E-state index contributed by atoms with van der Waals surface area (Å²) >= 11 is 5.87. The van der Waals surface area contributed by atoms with Crippen LogP contribution in [0.4, 0.5) is 13.2 Å². The molecule has 2 aromatic carbocycles. The van der Waals surface area contributed by atoms with Crippen molar-refractivity contribution in [3.8, 4) is 17.5 Å². The van der Waals surface area contributed by atoms with Crippen molar-refractivity contribution in [3.05, 3.63) is 97.9 Å². The summed E-state index contributed by atoms with van der Waals surface area (Å²) in [7, 11) is 1.36. The molecule has 0 spiro atoms. The van der Waals surface area contributed by atoms with Crippen LogP contribution in [-0.2, 0) is 6.18 Å². The van der Waals surface area contributed by atoms with Crippen molar-refractivity contribution in [2.75, 3.05) is 7.05 Å². The number of carbonyl (C=O) groups is 1. The Morgan fingerprint density at radius 1 is 1.06 bits per heavy atom. The second-order valence-corrected chi connectivity index (χ2v) is 7.02. The van der Waals surface area contributed by atoms with Gasteiger partial charge in [0.1, 0.15) is 5.56 Å². The summed E-state index contributed by atoms with van der Waals surface area (Å²) < 4.78 is 40.6. The number of hydrogen-bond donors (Lipinski definition) is 1. The zero-order valence-corrected chi connectivity index (χ0v) is 17.2. The van der Waals surface area contributed by atoms with Gasteiger partial charge in [0, 0.05) is 34.6 Å². The van der Waals surface area contributed by atoms with E-state index in [0.29, 0.717) is 21.8 Å². The van der Waals surface area contributed by atoms with Crippen LogP contribution in [0.25, 0.3) is 5.69 Å². The molecule has 1 heterocycles. The Morgan fingerprint density at radius 3 is 2.35 bits per heavy atom. The lowest BCUT2D eigenvalue weighted by molar-refractivity contribution is -0.137. The molecule has 31 heavy (non-hydrogen) atoms. The number of benzene rings is 2. The third kappa shape index (κ3) is 4.81. The van der Waals surface area contributed by atoms with Crippen molar-refractivity contribution in [1.82, 2.24) is 9.88 Å². The Kier molecular flexibility index (Phi) is 6.23. The Morgan fingerprint density at radius 2 is 1.74 bits per heavy atom. The molecule has 0 atom stereocenters. The van der Waals surface area contributed by atoms with Gasteiger partial charge in [-0.15, -0.1) is 0 Å². The van der Waals surface area contributed by atoms with Crippen LogP contribution in [0.1, 0.15) is 32.7 Å². The number of nitrogens with one attached hydrogen (secondary N) is 1. The minimum absolute atomic E-state index is 0.0161. The maximum Gasteiger partial charge on any atom is 0.416 e. The molecule has 0 saturated heterocycles. The fourth-order valence-electron chi connectivity index (χ4n) is 2.93. The van der Waals surface area contributed by atoms with Crippen molar-refractivity contribution in [2.45, 2.75) is 13.1 Å². The molecule has 0 unspecified atom stereocenters. The first-order valence-electron chi connectivity index (χ1n) is 9.06. The van der Waals surface area contributed by atoms with Crippen molar-refractivity contribution in [3.63, 3.8) is 0 Å². The largest absolute Gasteiger partial charge is 0.416 e. The van der Waals surface area contributed by atoms with E-state index in [1.807, 2.05) is 0 Å². The quantitative estimate of drug-likeness (QED) is 0.588. The maximum absolute atomic E-state index is 13.2. The van der Waals surface area contributed by atoms with Crippen LogP contribution in [0.2, 0.25) is 5.02 Å². The van der Waals surface area contributed by atoms with E-state index in [1.165, 1.54) is 25.2 Å². The van der Waals surface area contributed by atoms with Crippen molar-refractivity contribution < 1.29 is 18.0 Å². The minimum Gasteiger partial charge on any atom is -0.355 e. The average molecular weight is 445 g/mol. The van der Waals surface area contributed by atoms with Crippen LogP contribution in [0, 0.1) is 18.8 Å². The second-order valence-electron chi connectivity index (χ2n) is 6.58. The summed E-state index contributed by atoms with van der Waals surface area (Å²) in [6.07, 6.45) is -4.58. The molecule has 0 fully saturated rings. The predicted octanol–water partition coefficient (Wildman–Crippen LogP) is 4.58. The molecular weight excluding hydrogens is 429 g/mol. The molecule has 0 aliphatic carbocycles. The topological polar surface area (TPSA) is 51.1 Å². The second kappa shape index (κ2) is 8.70.